The molecule has 13 nitrogen and oxygen atoms in total. The third-order valence-electron chi connectivity index (χ3n) is 9.05. The number of amides is 1. The fourth-order valence-electron chi connectivity index (χ4n) is 7.18. The number of rotatable bonds is 3. The van der Waals surface area contributed by atoms with Crippen molar-refractivity contribution in [2.75, 3.05) is 14.1 Å². The number of fused-ring (bicyclic) bond motifs is 3. The normalized spacial score (nSPS) is 35.7. The number of likely N-dealkylation sites (N-methyl/N-ethyl adjacent to an activating group) is 1. The van der Waals surface area contributed by atoms with Gasteiger partial charge >= 0.3 is 0 Å². The molecular formula is C28H27FN6O7. The minimum absolute atomic E-state index is 0.116. The summed E-state index contributed by atoms with van der Waals surface area (Å²) < 4.78 is 13.7. The minimum Gasteiger partial charge on any atom is -0.507 e. The lowest BCUT2D eigenvalue weighted by molar-refractivity contribution is -0.181. The first-order chi connectivity index (χ1) is 19.5. The molecule has 0 heterocycles. The summed E-state index contributed by atoms with van der Waals surface area (Å²) in [5.74, 6) is -12.6. The van der Waals surface area contributed by atoms with E-state index in [1.54, 1.807) is 0 Å². The maximum atomic E-state index is 14.4. The number of ketones is 4. The lowest BCUT2D eigenvalue weighted by atomic mass is 9.41. The molecule has 2 fully saturated rings. The van der Waals surface area contributed by atoms with Crippen molar-refractivity contribution >= 4 is 29.0 Å². The summed E-state index contributed by atoms with van der Waals surface area (Å²) in [5.41, 5.74) is 16.8. The highest BCUT2D eigenvalue weighted by Crippen LogP contribution is 2.59. The Kier molecular flexibility index (Phi) is 6.28. The van der Waals surface area contributed by atoms with Crippen LogP contribution in [0.4, 0.5) is 4.39 Å². The van der Waals surface area contributed by atoms with E-state index in [0.29, 0.717) is 5.56 Å². The van der Waals surface area contributed by atoms with Crippen LogP contribution in [0.25, 0.3) is 11.1 Å². The molecule has 2 aromatic carbocycles. The topological polar surface area (TPSA) is 257 Å². The molecule has 218 valence electrons. The van der Waals surface area contributed by atoms with Crippen LogP contribution >= 0.6 is 0 Å². The Morgan fingerprint density at radius 1 is 1.05 bits per heavy atom. The van der Waals surface area contributed by atoms with E-state index in [-0.39, 0.29) is 11.1 Å². The van der Waals surface area contributed by atoms with Crippen LogP contribution in [0.1, 0.15) is 22.0 Å². The molecule has 8 atom stereocenters. The Morgan fingerprint density at radius 3 is 2.17 bits per heavy atom. The third kappa shape index (κ3) is 3.14. The molecular weight excluding hydrogens is 551 g/mol. The summed E-state index contributed by atoms with van der Waals surface area (Å²) in [6.45, 7) is 0. The Balaban J connectivity index is 1.86. The summed E-state index contributed by atoms with van der Waals surface area (Å²) in [4.78, 5) is 69.3. The first kappa shape index (κ1) is 29.1. The number of Topliss-reactive ketones (excluding diaryl/α,β-unsaturated/α-hetero) is 4. The van der Waals surface area contributed by atoms with Crippen molar-refractivity contribution in [1.29, 1.82) is 5.26 Å². The molecule has 0 radical (unpaired) electrons. The Bertz CT molecular complexity index is 1650. The van der Waals surface area contributed by atoms with Gasteiger partial charge < -0.3 is 33.1 Å². The molecule has 5 rings (SSSR count). The molecule has 0 bridgehead atoms. The van der Waals surface area contributed by atoms with Gasteiger partial charge in [-0.25, -0.2) is 4.39 Å². The van der Waals surface area contributed by atoms with Crippen molar-refractivity contribution in [3.8, 4) is 22.9 Å². The van der Waals surface area contributed by atoms with Gasteiger partial charge in [0.1, 0.15) is 17.5 Å². The van der Waals surface area contributed by atoms with Gasteiger partial charge in [0, 0.05) is 0 Å². The predicted octanol–water partition coefficient (Wildman–Crippen LogP) is -1.96. The fraction of sp³-hybridized carbons (Fsp3) is 0.357. The smallest absolute Gasteiger partial charge is 0.235 e. The number of carbonyl (C=O) groups is 5. The number of nitrogens with two attached hydrogens (primary N) is 4. The lowest BCUT2D eigenvalue weighted by Gasteiger charge is -2.64. The number of primary amides is 1. The van der Waals surface area contributed by atoms with E-state index in [1.165, 1.54) is 38.4 Å². The first-order valence-corrected chi connectivity index (χ1v) is 12.7. The number of halogens is 1. The number of aliphatic hydroxyl groups excluding tert-OH is 1. The Hall–Kier alpha value is -4.39. The van der Waals surface area contributed by atoms with Crippen LogP contribution in [0.3, 0.4) is 0 Å². The van der Waals surface area contributed by atoms with E-state index in [1.807, 2.05) is 0 Å². The summed E-state index contributed by atoms with van der Waals surface area (Å²) in [5, 5.41) is 33.3. The maximum Gasteiger partial charge on any atom is 0.235 e. The number of phenolic OH excluding ortho intramolecular Hbond substituents is 1. The van der Waals surface area contributed by atoms with Gasteiger partial charge in [-0.15, -0.1) is 0 Å². The fourth-order valence-corrected chi connectivity index (χ4v) is 7.18. The van der Waals surface area contributed by atoms with Crippen LogP contribution in [0.15, 0.2) is 36.4 Å². The van der Waals surface area contributed by atoms with E-state index in [0.717, 1.165) is 23.1 Å². The van der Waals surface area contributed by atoms with Crippen LogP contribution in [0, 0.1) is 34.4 Å². The highest BCUT2D eigenvalue weighted by atomic mass is 19.1. The average molecular weight is 579 g/mol. The van der Waals surface area contributed by atoms with Crippen LogP contribution in [0.2, 0.25) is 0 Å². The zero-order chi connectivity index (χ0) is 31.3. The number of carbonyl (C=O) groups excluding carboxylic acids is 5. The SMILES string of the molecule is CN(C)[C@@H]1C(=O)C(C(N)=O)C(=O)[C@@]2(C#N)C(=O)C3C(=O)c4c(O)ccc(-c5ccc(F)cc5)c4[C@H](N)[C@@]3(N)[C@H](O)[C@@]12N. The molecule has 3 aliphatic carbocycles. The number of aromatic hydroxyl groups is 1. The second-order valence-corrected chi connectivity index (χ2v) is 11.2. The number of nitrogens with zero attached hydrogens (tertiary/aromatic N) is 2. The third-order valence-corrected chi connectivity index (χ3v) is 9.05. The number of nitriles is 1. The molecule has 0 saturated heterocycles. The van der Waals surface area contributed by atoms with Gasteiger partial charge in [-0.3, -0.25) is 28.9 Å². The van der Waals surface area contributed by atoms with Crippen LogP contribution in [0.5, 0.6) is 5.75 Å². The van der Waals surface area contributed by atoms with E-state index in [9.17, 15) is 43.8 Å². The molecule has 3 aliphatic rings. The Morgan fingerprint density at radius 2 is 1.64 bits per heavy atom. The molecule has 42 heavy (non-hydrogen) atoms. The highest BCUT2D eigenvalue weighted by molar-refractivity contribution is 6.33. The van der Waals surface area contributed by atoms with Crippen molar-refractivity contribution in [2.45, 2.75) is 29.3 Å². The largest absolute Gasteiger partial charge is 0.507 e. The van der Waals surface area contributed by atoms with E-state index in [2.05, 4.69) is 0 Å². The minimum atomic E-state index is -3.15. The van der Waals surface area contributed by atoms with Gasteiger partial charge in [0.15, 0.2) is 34.5 Å². The number of hydrogen-bond donors (Lipinski definition) is 6. The predicted molar refractivity (Wildman–Crippen MR) is 141 cm³/mol. The van der Waals surface area contributed by atoms with Gasteiger partial charge in [0.25, 0.3) is 0 Å². The van der Waals surface area contributed by atoms with Crippen molar-refractivity contribution in [1.82, 2.24) is 4.90 Å². The van der Waals surface area contributed by atoms with E-state index < -0.39 is 92.7 Å². The maximum absolute atomic E-state index is 14.4. The summed E-state index contributed by atoms with van der Waals surface area (Å²) in [6, 6.07) is 5.52. The number of benzene rings is 2. The van der Waals surface area contributed by atoms with Crippen LogP contribution in [-0.2, 0) is 19.2 Å². The number of aliphatic hydroxyl groups is 1. The number of phenols is 1. The summed E-state index contributed by atoms with van der Waals surface area (Å²) >= 11 is 0. The van der Waals surface area contributed by atoms with Gasteiger partial charge in [-0.2, -0.15) is 5.26 Å². The monoisotopic (exact) mass is 578 g/mol. The second kappa shape index (κ2) is 9.05. The zero-order valence-corrected chi connectivity index (χ0v) is 22.4. The molecule has 0 aromatic heterocycles. The van der Waals surface area contributed by atoms with E-state index >= 15 is 0 Å². The van der Waals surface area contributed by atoms with Crippen LogP contribution < -0.4 is 22.9 Å². The number of hydrogen-bond acceptors (Lipinski definition) is 12. The summed E-state index contributed by atoms with van der Waals surface area (Å²) in [6.07, 6.45) is -2.38. The molecule has 2 aromatic rings. The van der Waals surface area contributed by atoms with Crippen molar-refractivity contribution in [2.24, 2.45) is 40.2 Å². The summed E-state index contributed by atoms with van der Waals surface area (Å²) in [7, 11) is 2.59. The highest BCUT2D eigenvalue weighted by Gasteiger charge is 2.83. The average Bonchev–Trinajstić information content (AvgIpc) is 2.91. The van der Waals surface area contributed by atoms with Gasteiger partial charge in [-0.05, 0) is 49.0 Å². The lowest BCUT2D eigenvalue weighted by Crippen LogP contribution is -2.92. The zero-order valence-electron chi connectivity index (χ0n) is 22.4. The van der Waals surface area contributed by atoms with Crippen LogP contribution in [-0.4, -0.2) is 81.5 Å². The first-order valence-electron chi connectivity index (χ1n) is 12.7. The second-order valence-electron chi connectivity index (χ2n) is 11.2. The molecule has 0 aliphatic heterocycles. The van der Waals surface area contributed by atoms with Gasteiger partial charge in [-0.1, -0.05) is 18.2 Å². The molecule has 2 saturated carbocycles. The molecule has 2 unspecified atom stereocenters. The van der Waals surface area contributed by atoms with Gasteiger partial charge in [0.2, 0.25) is 5.91 Å². The molecule has 10 N–H and O–H groups in total. The molecule has 14 heteroatoms. The van der Waals surface area contributed by atoms with Crippen molar-refractivity contribution in [3.05, 3.63) is 53.3 Å². The molecule has 1 amide bonds. The van der Waals surface area contributed by atoms with Crippen molar-refractivity contribution in [3.63, 3.8) is 0 Å². The van der Waals surface area contributed by atoms with Crippen molar-refractivity contribution < 1.29 is 38.6 Å². The van der Waals surface area contributed by atoms with E-state index in [4.69, 9.17) is 22.9 Å². The van der Waals surface area contributed by atoms with Gasteiger partial charge in [0.05, 0.1) is 40.9 Å². The standard InChI is InChI=1S/C28H27FN6O7/c1-35(2)21-19(38)16(24(32)41)22(39)26(9-30)23(40)17-18(37)15-13(36)8-7-12(10-3-5-11(29)6-4-10)14(15)20(31)27(17,33)25(42)28(21,26)34/h3-8,16-17,20-21,25,36,42H,31,33-34H2,1-2H3,(H2,32,41)/t16?,17?,20-,21+,25-,26-,27+,28-/m0/s1. The quantitative estimate of drug-likeness (QED) is 0.217. The molecule has 0 spiro atoms. The Labute approximate surface area is 237 Å².